The number of benzene rings is 2. The molecule has 0 saturated heterocycles. The molecule has 0 unspecified atom stereocenters. The number of thioether (sulfide) groups is 1. The molecule has 1 N–H and O–H groups in total. The van der Waals surface area contributed by atoms with Crippen molar-refractivity contribution in [3.63, 3.8) is 0 Å². The average Bonchev–Trinajstić information content (AvgIpc) is 2.62. The van der Waals surface area contributed by atoms with Crippen molar-refractivity contribution in [3.05, 3.63) is 54.1 Å². The quantitative estimate of drug-likeness (QED) is 0.737. The summed E-state index contributed by atoms with van der Waals surface area (Å²) in [5, 5.41) is 11.7. The second-order valence-electron chi connectivity index (χ2n) is 5.47. The van der Waals surface area contributed by atoms with Crippen LogP contribution in [0.15, 0.2) is 53.4 Å². The van der Waals surface area contributed by atoms with Gasteiger partial charge in [0.15, 0.2) is 0 Å². The summed E-state index contributed by atoms with van der Waals surface area (Å²) in [5.41, 5.74) is 1.44. The van der Waals surface area contributed by atoms with Crippen molar-refractivity contribution in [2.45, 2.75) is 4.90 Å². The Kier molecular flexibility index (Phi) is 7.33. The van der Waals surface area contributed by atoms with Gasteiger partial charge in [-0.2, -0.15) is 5.26 Å². The molecular formula is C19H21N3O2S. The minimum absolute atomic E-state index is 0.0534. The second kappa shape index (κ2) is 9.72. The summed E-state index contributed by atoms with van der Waals surface area (Å²) in [5.74, 6) is 0.660. The van der Waals surface area contributed by atoms with Crippen LogP contribution in [0.2, 0.25) is 0 Å². The Bertz CT molecular complexity index is 741. The Morgan fingerprint density at radius 1 is 1.24 bits per heavy atom. The number of ether oxygens (including phenoxy) is 1. The van der Waals surface area contributed by atoms with Gasteiger partial charge in [-0.1, -0.05) is 12.1 Å². The summed E-state index contributed by atoms with van der Waals surface area (Å²) >= 11 is 1.60. The van der Waals surface area contributed by atoms with Crippen molar-refractivity contribution in [2.75, 3.05) is 38.3 Å². The predicted molar refractivity (Wildman–Crippen MR) is 101 cm³/mol. The van der Waals surface area contributed by atoms with Crippen LogP contribution in [0.25, 0.3) is 0 Å². The van der Waals surface area contributed by atoms with Crippen molar-refractivity contribution in [3.8, 4) is 11.8 Å². The highest BCUT2D eigenvalue weighted by atomic mass is 32.2. The first-order valence-electron chi connectivity index (χ1n) is 7.86. The maximum absolute atomic E-state index is 12.2. The van der Waals surface area contributed by atoms with Gasteiger partial charge >= 0.3 is 0 Å². The van der Waals surface area contributed by atoms with E-state index in [4.69, 9.17) is 10.00 Å². The molecule has 0 heterocycles. The first-order valence-corrected chi connectivity index (χ1v) is 9.09. The third-order valence-corrected chi connectivity index (χ3v) is 4.32. The van der Waals surface area contributed by atoms with Crippen LogP contribution in [0.3, 0.4) is 0 Å². The molecule has 6 heteroatoms. The van der Waals surface area contributed by atoms with E-state index in [-0.39, 0.29) is 5.91 Å². The van der Waals surface area contributed by atoms with Crippen LogP contribution >= 0.6 is 11.8 Å². The largest absolute Gasteiger partial charge is 0.492 e. The molecule has 0 spiro atoms. The molecular weight excluding hydrogens is 334 g/mol. The maximum Gasteiger partial charge on any atom is 0.238 e. The van der Waals surface area contributed by atoms with Crippen LogP contribution in [0.4, 0.5) is 5.69 Å². The number of hydrogen-bond donors (Lipinski definition) is 1. The van der Waals surface area contributed by atoms with Gasteiger partial charge in [0.1, 0.15) is 12.4 Å². The van der Waals surface area contributed by atoms with Crippen molar-refractivity contribution < 1.29 is 9.53 Å². The highest BCUT2D eigenvalue weighted by molar-refractivity contribution is 7.98. The van der Waals surface area contributed by atoms with Gasteiger partial charge in [0, 0.05) is 11.4 Å². The van der Waals surface area contributed by atoms with E-state index in [0.717, 1.165) is 10.6 Å². The molecule has 0 aliphatic rings. The van der Waals surface area contributed by atoms with E-state index in [1.165, 1.54) is 0 Å². The van der Waals surface area contributed by atoms with Crippen LogP contribution in [0.1, 0.15) is 5.56 Å². The Balaban J connectivity index is 1.74. The SMILES string of the molecule is CSc1ccccc1NC(=O)CN(C)CCOc1ccc(C#N)cc1. The monoisotopic (exact) mass is 355 g/mol. The van der Waals surface area contributed by atoms with E-state index < -0.39 is 0 Å². The fraction of sp³-hybridized carbons (Fsp3) is 0.263. The van der Waals surface area contributed by atoms with E-state index in [9.17, 15) is 4.79 Å². The van der Waals surface area contributed by atoms with Gasteiger partial charge in [0.05, 0.1) is 23.9 Å². The zero-order valence-corrected chi connectivity index (χ0v) is 15.2. The Morgan fingerprint density at radius 2 is 1.96 bits per heavy atom. The van der Waals surface area contributed by atoms with Crippen molar-refractivity contribution >= 4 is 23.4 Å². The summed E-state index contributed by atoms with van der Waals surface area (Å²) in [6, 6.07) is 16.8. The minimum Gasteiger partial charge on any atom is -0.492 e. The molecule has 0 aliphatic heterocycles. The van der Waals surface area contributed by atoms with Crippen LogP contribution in [-0.4, -0.2) is 43.8 Å². The fourth-order valence-corrected chi connectivity index (χ4v) is 2.76. The van der Waals surface area contributed by atoms with Gasteiger partial charge in [-0.15, -0.1) is 11.8 Å². The lowest BCUT2D eigenvalue weighted by atomic mass is 10.2. The highest BCUT2D eigenvalue weighted by Gasteiger charge is 2.09. The zero-order valence-electron chi connectivity index (χ0n) is 14.4. The van der Waals surface area contributed by atoms with E-state index >= 15 is 0 Å². The Labute approximate surface area is 152 Å². The number of nitrogens with zero attached hydrogens (tertiary/aromatic N) is 2. The molecule has 2 rings (SSSR count). The lowest BCUT2D eigenvalue weighted by molar-refractivity contribution is -0.117. The number of carbonyl (C=O) groups is 1. The summed E-state index contributed by atoms with van der Waals surface area (Å²) in [6.07, 6.45) is 1.98. The molecule has 0 fully saturated rings. The molecule has 0 atom stereocenters. The smallest absolute Gasteiger partial charge is 0.238 e. The summed E-state index contributed by atoms with van der Waals surface area (Å²) in [4.78, 5) is 15.1. The van der Waals surface area contributed by atoms with Crippen molar-refractivity contribution in [1.29, 1.82) is 5.26 Å². The van der Waals surface area contributed by atoms with Gasteiger partial charge < -0.3 is 10.1 Å². The fourth-order valence-electron chi connectivity index (χ4n) is 2.21. The van der Waals surface area contributed by atoms with E-state index in [1.807, 2.05) is 42.5 Å². The molecule has 0 bridgehead atoms. The normalized spacial score (nSPS) is 10.3. The molecule has 130 valence electrons. The number of anilines is 1. The molecule has 0 aliphatic carbocycles. The number of nitriles is 1. The third-order valence-electron chi connectivity index (χ3n) is 3.52. The number of amides is 1. The number of carbonyl (C=O) groups excluding carboxylic acids is 1. The lowest BCUT2D eigenvalue weighted by Gasteiger charge is -2.17. The predicted octanol–water partition coefficient (Wildman–Crippen LogP) is 3.23. The molecule has 25 heavy (non-hydrogen) atoms. The van der Waals surface area contributed by atoms with Gasteiger partial charge in [0.25, 0.3) is 0 Å². The van der Waals surface area contributed by atoms with E-state index in [0.29, 0.717) is 31.0 Å². The van der Waals surface area contributed by atoms with Crippen molar-refractivity contribution in [1.82, 2.24) is 4.90 Å². The lowest BCUT2D eigenvalue weighted by Crippen LogP contribution is -2.33. The summed E-state index contributed by atoms with van der Waals surface area (Å²) < 4.78 is 5.63. The van der Waals surface area contributed by atoms with Crippen molar-refractivity contribution in [2.24, 2.45) is 0 Å². The van der Waals surface area contributed by atoms with E-state index in [1.54, 1.807) is 36.0 Å². The topological polar surface area (TPSA) is 65.4 Å². The number of para-hydroxylation sites is 1. The summed E-state index contributed by atoms with van der Waals surface area (Å²) in [6.45, 7) is 1.38. The number of likely N-dealkylation sites (N-methyl/N-ethyl adjacent to an activating group) is 1. The second-order valence-corrected chi connectivity index (χ2v) is 6.32. The molecule has 0 aromatic heterocycles. The average molecular weight is 355 g/mol. The van der Waals surface area contributed by atoms with E-state index in [2.05, 4.69) is 11.4 Å². The standard InChI is InChI=1S/C19H21N3O2S/c1-22(11-12-24-16-9-7-15(13-20)8-10-16)14-19(23)21-17-5-3-4-6-18(17)25-2/h3-10H,11-12,14H2,1-2H3,(H,21,23). The van der Waals surface area contributed by atoms with Gasteiger partial charge in [-0.3, -0.25) is 9.69 Å². The molecule has 2 aromatic rings. The zero-order chi connectivity index (χ0) is 18.1. The third kappa shape index (κ3) is 6.14. The molecule has 5 nitrogen and oxygen atoms in total. The molecule has 0 saturated carbocycles. The number of rotatable bonds is 8. The minimum atomic E-state index is -0.0534. The van der Waals surface area contributed by atoms with Gasteiger partial charge in [-0.05, 0) is 49.7 Å². The Hall–Kier alpha value is -2.49. The number of nitrogens with one attached hydrogen (secondary N) is 1. The van der Waals surface area contributed by atoms with Crippen LogP contribution < -0.4 is 10.1 Å². The molecule has 0 radical (unpaired) electrons. The van der Waals surface area contributed by atoms with Gasteiger partial charge in [0.2, 0.25) is 5.91 Å². The summed E-state index contributed by atoms with van der Waals surface area (Å²) in [7, 11) is 1.88. The van der Waals surface area contributed by atoms with Crippen LogP contribution in [0, 0.1) is 11.3 Å². The first-order chi connectivity index (χ1) is 12.1. The van der Waals surface area contributed by atoms with Gasteiger partial charge in [-0.25, -0.2) is 0 Å². The number of hydrogen-bond acceptors (Lipinski definition) is 5. The highest BCUT2D eigenvalue weighted by Crippen LogP contribution is 2.24. The Morgan fingerprint density at radius 3 is 2.64 bits per heavy atom. The maximum atomic E-state index is 12.2. The van der Waals surface area contributed by atoms with Crippen LogP contribution in [-0.2, 0) is 4.79 Å². The first kappa shape index (κ1) is 18.8. The molecule has 1 amide bonds. The van der Waals surface area contributed by atoms with Crippen LogP contribution in [0.5, 0.6) is 5.75 Å². The molecule has 2 aromatic carbocycles.